The lowest BCUT2D eigenvalue weighted by Gasteiger charge is -2.29. The Bertz CT molecular complexity index is 924. The molecule has 2 saturated carbocycles. The summed E-state index contributed by atoms with van der Waals surface area (Å²) in [6, 6.07) is 18.4. The maximum atomic E-state index is 4.71. The van der Waals surface area contributed by atoms with Crippen LogP contribution in [0.5, 0.6) is 0 Å². The van der Waals surface area contributed by atoms with E-state index in [4.69, 9.17) is 12.2 Å². The number of hydrogen-bond donors (Lipinski definition) is 0. The highest BCUT2D eigenvalue weighted by molar-refractivity contribution is 7.78. The first-order valence-electron chi connectivity index (χ1n) is 15.0. The molecule has 2 fully saturated rings. The molecule has 0 saturated heterocycles. The number of benzene rings is 2. The summed E-state index contributed by atoms with van der Waals surface area (Å²) < 4.78 is 0. The molecular weight excluding hydrogens is 454 g/mol. The summed E-state index contributed by atoms with van der Waals surface area (Å²) in [7, 11) is 0. The van der Waals surface area contributed by atoms with Crippen molar-refractivity contribution in [2.75, 3.05) is 0 Å². The van der Waals surface area contributed by atoms with Crippen molar-refractivity contribution in [2.45, 2.75) is 121 Å². The third kappa shape index (κ3) is 8.39. The van der Waals surface area contributed by atoms with Gasteiger partial charge < -0.3 is 0 Å². The number of thiocarbonyl (C=S) groups is 1. The minimum Gasteiger partial charge on any atom is -0.195 e. The van der Waals surface area contributed by atoms with Crippen molar-refractivity contribution in [3.63, 3.8) is 0 Å². The van der Waals surface area contributed by atoms with Crippen molar-refractivity contribution in [3.8, 4) is 0 Å². The average molecular weight is 502 g/mol. The Kier molecular flexibility index (Phi) is 11.3. The molecule has 2 aromatic rings. The zero-order valence-electron chi connectivity index (χ0n) is 22.6. The second-order valence-electron chi connectivity index (χ2n) is 11.7. The molecule has 194 valence electrons. The number of aliphatic imine (C=N–C) groups is 1. The fourth-order valence-electron chi connectivity index (χ4n) is 6.81. The Balaban J connectivity index is 1.14. The summed E-state index contributed by atoms with van der Waals surface area (Å²) in [4.78, 5) is 4.07. The van der Waals surface area contributed by atoms with Crippen LogP contribution >= 0.6 is 12.2 Å². The van der Waals surface area contributed by atoms with Gasteiger partial charge in [-0.15, -0.1) is 0 Å². The monoisotopic (exact) mass is 501 g/mol. The van der Waals surface area contributed by atoms with Gasteiger partial charge in [0, 0.05) is 0 Å². The van der Waals surface area contributed by atoms with Crippen LogP contribution in [0, 0.1) is 11.8 Å². The summed E-state index contributed by atoms with van der Waals surface area (Å²) in [5.41, 5.74) is 5.52. The predicted octanol–water partition coefficient (Wildman–Crippen LogP) is 11.0. The van der Waals surface area contributed by atoms with E-state index < -0.39 is 0 Å². The van der Waals surface area contributed by atoms with Gasteiger partial charge in [0.15, 0.2) is 0 Å². The molecule has 0 radical (unpaired) electrons. The highest BCUT2D eigenvalue weighted by Gasteiger charge is 2.23. The smallest absolute Gasteiger partial charge is 0.0739 e. The summed E-state index contributed by atoms with van der Waals surface area (Å²) in [6.07, 6.45) is 22.3. The molecule has 0 spiro atoms. The lowest BCUT2D eigenvalue weighted by atomic mass is 9.76. The molecule has 0 amide bonds. The van der Waals surface area contributed by atoms with Crippen LogP contribution in [0.15, 0.2) is 53.5 Å². The zero-order chi connectivity index (χ0) is 25.0. The van der Waals surface area contributed by atoms with Crippen LogP contribution in [-0.4, -0.2) is 5.16 Å². The zero-order valence-corrected chi connectivity index (χ0v) is 23.4. The first-order valence-corrected chi connectivity index (χ1v) is 15.4. The van der Waals surface area contributed by atoms with Crippen molar-refractivity contribution in [3.05, 3.63) is 65.2 Å². The molecule has 2 aliphatic carbocycles. The molecule has 0 bridgehead atoms. The third-order valence-electron chi connectivity index (χ3n) is 9.24. The lowest BCUT2D eigenvalue weighted by Crippen LogP contribution is -2.14. The summed E-state index contributed by atoms with van der Waals surface area (Å²) in [6.45, 7) is 2.31. The quantitative estimate of drug-likeness (QED) is 0.160. The number of isothiocyanates is 1. The largest absolute Gasteiger partial charge is 0.195 e. The number of rotatable bonds is 12. The van der Waals surface area contributed by atoms with Crippen LogP contribution in [0.4, 0.5) is 5.69 Å². The van der Waals surface area contributed by atoms with Gasteiger partial charge in [0.1, 0.15) is 0 Å². The summed E-state index contributed by atoms with van der Waals surface area (Å²) >= 11 is 4.71. The van der Waals surface area contributed by atoms with Gasteiger partial charge in [0.2, 0.25) is 0 Å². The summed E-state index contributed by atoms with van der Waals surface area (Å²) in [5, 5.41) is 2.46. The van der Waals surface area contributed by atoms with Crippen LogP contribution < -0.4 is 0 Å². The van der Waals surface area contributed by atoms with Crippen LogP contribution in [0.3, 0.4) is 0 Å². The molecule has 1 nitrogen and oxygen atoms in total. The number of aryl methyl sites for hydroxylation is 1. The van der Waals surface area contributed by atoms with E-state index >= 15 is 0 Å². The molecule has 0 atom stereocenters. The SMILES string of the molecule is CCCCCCC[C@H]1CC[C@H](c2ccc(CC[C@H]3CC[C@H](c4ccc(N=C=S)cc4)CC3)cc2)CC1. The Morgan fingerprint density at radius 1 is 0.667 bits per heavy atom. The van der Waals surface area contributed by atoms with Gasteiger partial charge >= 0.3 is 0 Å². The van der Waals surface area contributed by atoms with E-state index in [1.165, 1.54) is 114 Å². The van der Waals surface area contributed by atoms with Gasteiger partial charge in [-0.2, -0.15) is 4.99 Å². The van der Waals surface area contributed by atoms with Gasteiger partial charge in [-0.3, -0.25) is 0 Å². The van der Waals surface area contributed by atoms with E-state index in [0.717, 1.165) is 23.4 Å². The van der Waals surface area contributed by atoms with Crippen LogP contribution in [0.25, 0.3) is 0 Å². The summed E-state index contributed by atoms with van der Waals surface area (Å²) in [5.74, 6) is 3.40. The van der Waals surface area contributed by atoms with Crippen molar-refractivity contribution in [1.82, 2.24) is 0 Å². The number of unbranched alkanes of at least 4 members (excludes halogenated alkanes) is 4. The average Bonchev–Trinajstić information content (AvgIpc) is 2.93. The van der Waals surface area contributed by atoms with Gasteiger partial charge in [-0.1, -0.05) is 81.8 Å². The molecule has 2 aromatic carbocycles. The molecule has 0 heterocycles. The highest BCUT2D eigenvalue weighted by atomic mass is 32.1. The van der Waals surface area contributed by atoms with Crippen molar-refractivity contribution < 1.29 is 0 Å². The topological polar surface area (TPSA) is 12.4 Å². The molecule has 2 heteroatoms. The van der Waals surface area contributed by atoms with Crippen molar-refractivity contribution in [1.29, 1.82) is 0 Å². The molecular formula is C34H47NS. The molecule has 4 rings (SSSR count). The maximum absolute atomic E-state index is 4.71. The molecule has 2 aliphatic rings. The first-order chi connectivity index (χ1) is 17.7. The maximum Gasteiger partial charge on any atom is 0.0739 e. The third-order valence-corrected chi connectivity index (χ3v) is 9.33. The molecule has 0 aliphatic heterocycles. The van der Waals surface area contributed by atoms with E-state index in [1.54, 1.807) is 5.56 Å². The van der Waals surface area contributed by atoms with Crippen LogP contribution in [0.2, 0.25) is 0 Å². The van der Waals surface area contributed by atoms with Crippen molar-refractivity contribution >= 4 is 23.1 Å². The minimum atomic E-state index is 0.710. The second kappa shape index (κ2) is 14.8. The fourth-order valence-corrected chi connectivity index (χ4v) is 6.91. The van der Waals surface area contributed by atoms with Gasteiger partial charge in [0.05, 0.1) is 10.8 Å². The second-order valence-corrected chi connectivity index (χ2v) is 11.9. The molecule has 36 heavy (non-hydrogen) atoms. The van der Waals surface area contributed by atoms with Gasteiger partial charge in [0.25, 0.3) is 0 Å². The predicted molar refractivity (Wildman–Crippen MR) is 159 cm³/mol. The molecule has 0 N–H and O–H groups in total. The Labute approximate surface area is 226 Å². The molecule has 0 unspecified atom stereocenters. The van der Waals surface area contributed by atoms with Gasteiger partial charge in [-0.25, -0.2) is 0 Å². The van der Waals surface area contributed by atoms with E-state index in [1.807, 2.05) is 0 Å². The molecule has 0 aromatic heterocycles. The Morgan fingerprint density at radius 3 is 1.75 bits per heavy atom. The Hall–Kier alpha value is -1.76. The fraction of sp³-hybridized carbons (Fsp3) is 0.618. The number of nitrogens with zero attached hydrogens (tertiary/aromatic N) is 1. The number of hydrogen-bond acceptors (Lipinski definition) is 2. The van der Waals surface area contributed by atoms with Gasteiger partial charge in [-0.05, 0) is 129 Å². The Morgan fingerprint density at radius 2 is 1.19 bits per heavy atom. The van der Waals surface area contributed by atoms with E-state index in [2.05, 4.69) is 65.6 Å². The van der Waals surface area contributed by atoms with Crippen LogP contribution in [-0.2, 0) is 6.42 Å². The standard InChI is InChI=1S/C34H47NS/c1-2-3-4-5-6-7-27-10-16-30(17-11-27)31-18-12-28(13-19-31)8-9-29-14-20-32(21-15-29)33-22-24-34(25-23-33)35-26-36/h12-13,18-19,22-25,27,29-30,32H,2-11,14-17,20-21H2,1H3/t27-,29-,30-,32-. The first kappa shape index (κ1) is 27.3. The minimum absolute atomic E-state index is 0.710. The normalized spacial score (nSPS) is 24.2. The van der Waals surface area contributed by atoms with Crippen LogP contribution in [0.1, 0.15) is 132 Å². The van der Waals surface area contributed by atoms with E-state index in [-0.39, 0.29) is 0 Å². The van der Waals surface area contributed by atoms with E-state index in [0.29, 0.717) is 5.92 Å². The lowest BCUT2D eigenvalue weighted by molar-refractivity contribution is 0.302. The highest BCUT2D eigenvalue weighted by Crippen LogP contribution is 2.39. The van der Waals surface area contributed by atoms with Crippen molar-refractivity contribution in [2.24, 2.45) is 16.8 Å². The van der Waals surface area contributed by atoms with E-state index in [9.17, 15) is 0 Å².